The molecule has 0 spiro atoms. The molecular weight excluding hydrogens is 374 g/mol. The third-order valence-electron chi connectivity index (χ3n) is 4.23. The van der Waals surface area contributed by atoms with Gasteiger partial charge in [0.2, 0.25) is 0 Å². The fourth-order valence-corrected chi connectivity index (χ4v) is 3.77. The molecule has 28 heavy (non-hydrogen) atoms. The first-order chi connectivity index (χ1) is 13.4. The molecule has 1 fully saturated rings. The second kappa shape index (κ2) is 8.31. The summed E-state index contributed by atoms with van der Waals surface area (Å²) >= 11 is 1.30. The first-order valence-electron chi connectivity index (χ1n) is 8.80. The first kappa shape index (κ1) is 19.7. The lowest BCUT2D eigenvalue weighted by atomic mass is 10.2. The van der Waals surface area contributed by atoms with E-state index in [1.807, 2.05) is 56.3 Å². The number of benzene rings is 2. The van der Waals surface area contributed by atoms with Crippen molar-refractivity contribution in [2.45, 2.75) is 6.92 Å². The fraction of sp³-hybridized carbons (Fsp3) is 0.190. The highest BCUT2D eigenvalue weighted by atomic mass is 32.2. The minimum atomic E-state index is -1.01. The molecule has 2 aromatic carbocycles. The lowest BCUT2D eigenvalue weighted by molar-refractivity contribution is -0.122. The summed E-state index contributed by atoms with van der Waals surface area (Å²) in [6.07, 6.45) is 1.85. The Morgan fingerprint density at radius 1 is 1.21 bits per heavy atom. The lowest BCUT2D eigenvalue weighted by Gasteiger charge is -2.12. The van der Waals surface area contributed by atoms with E-state index in [1.54, 1.807) is 17.0 Å². The van der Waals surface area contributed by atoms with Crippen molar-refractivity contribution in [1.29, 1.82) is 0 Å². The predicted octanol–water partition coefficient (Wildman–Crippen LogP) is 4.07. The zero-order valence-corrected chi connectivity index (χ0v) is 16.7. The van der Waals surface area contributed by atoms with E-state index in [4.69, 9.17) is 5.11 Å². The predicted molar refractivity (Wildman–Crippen MR) is 114 cm³/mol. The molecule has 0 unspecified atom stereocenters. The number of carboxylic acid groups (broad SMARTS) is 1. The monoisotopic (exact) mass is 395 g/mol. The van der Waals surface area contributed by atoms with Gasteiger partial charge in [0.1, 0.15) is 0 Å². The van der Waals surface area contributed by atoms with Crippen molar-refractivity contribution in [1.82, 2.24) is 4.90 Å². The minimum absolute atomic E-state index is 0.0997. The van der Waals surface area contributed by atoms with Gasteiger partial charge in [0, 0.05) is 26.3 Å². The van der Waals surface area contributed by atoms with Crippen LogP contribution in [0.25, 0.3) is 6.08 Å². The van der Waals surface area contributed by atoms with E-state index in [9.17, 15) is 9.59 Å². The van der Waals surface area contributed by atoms with Gasteiger partial charge in [-0.05, 0) is 60.7 Å². The van der Waals surface area contributed by atoms with E-state index in [0.29, 0.717) is 22.3 Å². The summed E-state index contributed by atoms with van der Waals surface area (Å²) in [7, 11) is 3.95. The number of amides is 1. The van der Waals surface area contributed by atoms with E-state index in [-0.39, 0.29) is 11.5 Å². The molecule has 1 N–H and O–H groups in total. The normalized spacial score (nSPS) is 16.8. The van der Waals surface area contributed by atoms with Gasteiger partial charge in [-0.1, -0.05) is 18.2 Å². The Labute approximate surface area is 168 Å². The summed E-state index contributed by atoms with van der Waals surface area (Å²) < 4.78 is 0. The minimum Gasteiger partial charge on any atom is -0.478 e. The zero-order chi connectivity index (χ0) is 20.3. The van der Waals surface area contributed by atoms with Crippen molar-refractivity contribution in [3.05, 3.63) is 64.6 Å². The highest BCUT2D eigenvalue weighted by Gasteiger charge is 2.32. The number of amidine groups is 1. The first-order valence-corrected chi connectivity index (χ1v) is 9.61. The van der Waals surface area contributed by atoms with Crippen LogP contribution in [0.1, 0.15) is 22.8 Å². The highest BCUT2D eigenvalue weighted by molar-refractivity contribution is 8.18. The molecule has 0 aliphatic carbocycles. The van der Waals surface area contributed by atoms with Gasteiger partial charge in [0.25, 0.3) is 5.91 Å². The number of carbonyl (C=O) groups excluding carboxylic acids is 1. The van der Waals surface area contributed by atoms with Crippen molar-refractivity contribution >= 4 is 46.3 Å². The molecule has 1 heterocycles. The van der Waals surface area contributed by atoms with Crippen molar-refractivity contribution < 1.29 is 14.7 Å². The number of aliphatic imine (C=N–C) groups is 1. The SMILES string of the molecule is CCN1C(=O)/C(=C/c2ccc(N(C)C)cc2)SC1=Nc1cccc(C(=O)O)c1. The molecule has 0 bridgehead atoms. The largest absolute Gasteiger partial charge is 0.478 e. The summed E-state index contributed by atoms with van der Waals surface area (Å²) in [6, 6.07) is 14.3. The van der Waals surface area contributed by atoms with Gasteiger partial charge in [-0.15, -0.1) is 0 Å². The van der Waals surface area contributed by atoms with Crippen LogP contribution in [0.3, 0.4) is 0 Å². The van der Waals surface area contributed by atoms with Gasteiger partial charge < -0.3 is 10.0 Å². The lowest BCUT2D eigenvalue weighted by Crippen LogP contribution is -2.28. The Kier molecular flexibility index (Phi) is 5.84. The Hall–Kier alpha value is -3.06. The number of rotatable bonds is 5. The number of carboxylic acids is 1. The number of aromatic carboxylic acids is 1. The molecule has 1 aliphatic heterocycles. The van der Waals surface area contributed by atoms with Crippen molar-refractivity contribution in [2.75, 3.05) is 25.5 Å². The van der Waals surface area contributed by atoms with Crippen molar-refractivity contribution in [3.8, 4) is 0 Å². The number of carbonyl (C=O) groups is 2. The van der Waals surface area contributed by atoms with Crippen LogP contribution in [-0.2, 0) is 4.79 Å². The Bertz CT molecular complexity index is 965. The molecule has 7 heteroatoms. The van der Waals surface area contributed by atoms with Crippen molar-refractivity contribution in [2.24, 2.45) is 4.99 Å². The van der Waals surface area contributed by atoms with E-state index >= 15 is 0 Å². The maximum atomic E-state index is 12.7. The van der Waals surface area contributed by atoms with Crippen LogP contribution in [0.5, 0.6) is 0 Å². The second-order valence-electron chi connectivity index (χ2n) is 6.40. The van der Waals surface area contributed by atoms with Crippen LogP contribution in [0.2, 0.25) is 0 Å². The maximum absolute atomic E-state index is 12.7. The summed E-state index contributed by atoms with van der Waals surface area (Å²) in [6.45, 7) is 2.37. The van der Waals surface area contributed by atoms with Gasteiger partial charge in [-0.3, -0.25) is 9.69 Å². The van der Waals surface area contributed by atoms with Crippen LogP contribution in [0.15, 0.2) is 58.4 Å². The number of anilines is 1. The van der Waals surface area contributed by atoms with E-state index in [0.717, 1.165) is 11.3 Å². The molecule has 0 aromatic heterocycles. The van der Waals surface area contributed by atoms with Crippen molar-refractivity contribution in [3.63, 3.8) is 0 Å². The standard InChI is InChI=1S/C21H21N3O3S/c1-4-24-19(25)18(12-14-8-10-17(11-9-14)23(2)3)28-21(24)22-16-7-5-6-15(13-16)20(26)27/h5-13H,4H2,1-3H3,(H,26,27)/b18-12-,22-21?. The molecule has 1 saturated heterocycles. The highest BCUT2D eigenvalue weighted by Crippen LogP contribution is 2.34. The van der Waals surface area contributed by atoms with Gasteiger partial charge >= 0.3 is 5.97 Å². The number of hydrogen-bond donors (Lipinski definition) is 1. The Morgan fingerprint density at radius 3 is 2.54 bits per heavy atom. The maximum Gasteiger partial charge on any atom is 0.335 e. The summed E-state index contributed by atoms with van der Waals surface area (Å²) in [5.41, 5.74) is 2.69. The third kappa shape index (κ3) is 4.26. The summed E-state index contributed by atoms with van der Waals surface area (Å²) in [5, 5.41) is 9.69. The van der Waals surface area contributed by atoms with E-state index in [1.165, 1.54) is 23.9 Å². The van der Waals surface area contributed by atoms with Crippen LogP contribution in [0, 0.1) is 0 Å². The molecule has 1 amide bonds. The second-order valence-corrected chi connectivity index (χ2v) is 7.40. The van der Waals surface area contributed by atoms with E-state index in [2.05, 4.69) is 4.99 Å². The van der Waals surface area contributed by atoms with Gasteiger partial charge in [-0.25, -0.2) is 9.79 Å². The molecule has 0 saturated carbocycles. The number of hydrogen-bond acceptors (Lipinski definition) is 5. The number of thioether (sulfide) groups is 1. The quantitative estimate of drug-likeness (QED) is 0.773. The summed E-state index contributed by atoms with van der Waals surface area (Å²) in [5.74, 6) is -1.11. The Balaban J connectivity index is 1.90. The molecule has 1 aliphatic rings. The third-order valence-corrected chi connectivity index (χ3v) is 5.24. The van der Waals surface area contributed by atoms with Gasteiger partial charge in [-0.2, -0.15) is 0 Å². The molecule has 0 radical (unpaired) electrons. The molecule has 3 rings (SSSR count). The van der Waals surface area contributed by atoms with Crippen LogP contribution in [0.4, 0.5) is 11.4 Å². The topological polar surface area (TPSA) is 73.2 Å². The molecule has 144 valence electrons. The number of nitrogens with zero attached hydrogens (tertiary/aromatic N) is 3. The van der Waals surface area contributed by atoms with Crippen LogP contribution in [-0.4, -0.2) is 47.7 Å². The zero-order valence-electron chi connectivity index (χ0n) is 15.9. The average Bonchev–Trinajstić information content (AvgIpc) is 2.96. The van der Waals surface area contributed by atoms with Crippen LogP contribution < -0.4 is 4.90 Å². The fourth-order valence-electron chi connectivity index (χ4n) is 2.71. The molecular formula is C21H21N3O3S. The van der Waals surface area contributed by atoms with E-state index < -0.39 is 5.97 Å². The molecule has 0 atom stereocenters. The van der Waals surface area contributed by atoms with Gasteiger partial charge in [0.15, 0.2) is 5.17 Å². The molecule has 6 nitrogen and oxygen atoms in total. The Morgan fingerprint density at radius 2 is 1.93 bits per heavy atom. The average molecular weight is 395 g/mol. The summed E-state index contributed by atoms with van der Waals surface area (Å²) in [4.78, 5) is 32.6. The smallest absolute Gasteiger partial charge is 0.335 e. The molecule has 2 aromatic rings. The number of likely N-dealkylation sites (N-methyl/N-ethyl adjacent to an activating group) is 1. The van der Waals surface area contributed by atoms with Crippen LogP contribution >= 0.6 is 11.8 Å². The van der Waals surface area contributed by atoms with Gasteiger partial charge in [0.05, 0.1) is 16.2 Å².